The molecule has 0 aliphatic carbocycles. The Kier molecular flexibility index (Phi) is 4.43. The second-order valence-electron chi connectivity index (χ2n) is 5.25. The second kappa shape index (κ2) is 6.66. The molecule has 2 aromatic rings. The number of hydrogen-bond donors (Lipinski definition) is 1. The van der Waals surface area contributed by atoms with Crippen molar-refractivity contribution in [3.05, 3.63) is 53.3 Å². The number of hydrogen-bond acceptors (Lipinski definition) is 5. The number of fused-ring (bicyclic) bond motifs is 1. The van der Waals surface area contributed by atoms with Gasteiger partial charge in [-0.3, -0.25) is 9.78 Å². The van der Waals surface area contributed by atoms with Crippen LogP contribution in [0.2, 0.25) is 0 Å². The van der Waals surface area contributed by atoms with Crippen molar-refractivity contribution in [1.29, 1.82) is 0 Å². The molecule has 23 heavy (non-hydrogen) atoms. The lowest BCUT2D eigenvalue weighted by molar-refractivity contribution is 0.0752. The molecule has 2 N–H and O–H groups in total. The molecule has 0 unspecified atom stereocenters. The molecule has 2 heterocycles. The Morgan fingerprint density at radius 2 is 2.09 bits per heavy atom. The molecule has 0 saturated heterocycles. The summed E-state index contributed by atoms with van der Waals surface area (Å²) in [6.07, 6.45) is 1.61. The van der Waals surface area contributed by atoms with E-state index in [1.165, 1.54) is 0 Å². The van der Waals surface area contributed by atoms with Crippen molar-refractivity contribution in [1.82, 2.24) is 9.88 Å². The minimum Gasteiger partial charge on any atom is -0.454 e. The lowest BCUT2D eigenvalue weighted by Gasteiger charge is -2.21. The Morgan fingerprint density at radius 1 is 1.26 bits per heavy atom. The van der Waals surface area contributed by atoms with Crippen LogP contribution in [-0.2, 0) is 13.1 Å². The van der Waals surface area contributed by atoms with Gasteiger partial charge >= 0.3 is 0 Å². The number of ether oxygens (including phenoxy) is 2. The van der Waals surface area contributed by atoms with Gasteiger partial charge in [-0.15, -0.1) is 0 Å². The number of rotatable bonds is 5. The smallest absolute Gasteiger partial charge is 0.254 e. The Bertz CT molecular complexity index is 718. The summed E-state index contributed by atoms with van der Waals surface area (Å²) in [5, 5.41) is 0. The maximum atomic E-state index is 12.7. The summed E-state index contributed by atoms with van der Waals surface area (Å²) in [6, 6.07) is 9.18. The third kappa shape index (κ3) is 3.27. The number of aromatic nitrogens is 1. The Hall–Kier alpha value is -2.60. The second-order valence-corrected chi connectivity index (χ2v) is 5.25. The third-order valence-corrected chi connectivity index (χ3v) is 3.75. The Labute approximate surface area is 134 Å². The first kappa shape index (κ1) is 15.3. The lowest BCUT2D eigenvalue weighted by Crippen LogP contribution is -2.30. The highest BCUT2D eigenvalue weighted by Gasteiger charge is 2.18. The first-order valence-electron chi connectivity index (χ1n) is 7.54. The number of carbonyl (C=O) groups is 1. The predicted octanol–water partition coefficient (Wildman–Crippen LogP) is 1.93. The van der Waals surface area contributed by atoms with E-state index in [9.17, 15) is 4.79 Å². The van der Waals surface area contributed by atoms with Crippen molar-refractivity contribution in [3.8, 4) is 11.5 Å². The van der Waals surface area contributed by atoms with Crippen LogP contribution in [0.15, 0.2) is 36.5 Å². The maximum absolute atomic E-state index is 12.7. The van der Waals surface area contributed by atoms with E-state index >= 15 is 0 Å². The summed E-state index contributed by atoms with van der Waals surface area (Å²) >= 11 is 0. The van der Waals surface area contributed by atoms with Crippen molar-refractivity contribution in [2.24, 2.45) is 5.73 Å². The van der Waals surface area contributed by atoms with Gasteiger partial charge < -0.3 is 20.1 Å². The van der Waals surface area contributed by atoms with E-state index in [2.05, 4.69) is 4.98 Å². The van der Waals surface area contributed by atoms with Crippen LogP contribution in [0.3, 0.4) is 0 Å². The topological polar surface area (TPSA) is 77.7 Å². The first-order chi connectivity index (χ1) is 11.2. The van der Waals surface area contributed by atoms with E-state index < -0.39 is 0 Å². The van der Waals surface area contributed by atoms with Gasteiger partial charge in [0.2, 0.25) is 6.79 Å². The van der Waals surface area contributed by atoms with Crippen molar-refractivity contribution in [2.45, 2.75) is 20.0 Å². The van der Waals surface area contributed by atoms with Gasteiger partial charge in [0.1, 0.15) is 0 Å². The molecule has 120 valence electrons. The summed E-state index contributed by atoms with van der Waals surface area (Å²) < 4.78 is 10.7. The van der Waals surface area contributed by atoms with E-state index in [1.54, 1.807) is 23.2 Å². The first-order valence-corrected chi connectivity index (χ1v) is 7.54. The van der Waals surface area contributed by atoms with Gasteiger partial charge in [0, 0.05) is 31.4 Å². The van der Waals surface area contributed by atoms with Crippen molar-refractivity contribution in [3.63, 3.8) is 0 Å². The largest absolute Gasteiger partial charge is 0.454 e. The highest BCUT2D eigenvalue weighted by Crippen LogP contribution is 2.32. The molecule has 0 bridgehead atoms. The number of amides is 1. The fraction of sp³-hybridized carbons (Fsp3) is 0.294. The third-order valence-electron chi connectivity index (χ3n) is 3.75. The van der Waals surface area contributed by atoms with Crippen molar-refractivity contribution in [2.75, 3.05) is 13.3 Å². The summed E-state index contributed by atoms with van der Waals surface area (Å²) in [5.41, 5.74) is 7.89. The molecule has 1 aromatic carbocycles. The van der Waals surface area contributed by atoms with E-state index in [4.69, 9.17) is 15.2 Å². The molecule has 0 atom stereocenters. The average Bonchev–Trinajstić information content (AvgIpc) is 3.06. The highest BCUT2D eigenvalue weighted by atomic mass is 16.7. The quantitative estimate of drug-likeness (QED) is 0.912. The van der Waals surface area contributed by atoms with Gasteiger partial charge in [-0.1, -0.05) is 6.07 Å². The van der Waals surface area contributed by atoms with Crippen LogP contribution in [0.1, 0.15) is 28.5 Å². The number of carbonyl (C=O) groups excluding carboxylic acids is 1. The van der Waals surface area contributed by atoms with Crippen LogP contribution in [0, 0.1) is 0 Å². The Balaban J connectivity index is 1.77. The minimum atomic E-state index is -0.0396. The van der Waals surface area contributed by atoms with Gasteiger partial charge in [0.15, 0.2) is 11.5 Å². The lowest BCUT2D eigenvalue weighted by atomic mass is 10.1. The molecule has 0 saturated carbocycles. The zero-order valence-corrected chi connectivity index (χ0v) is 13.0. The molecule has 6 nitrogen and oxygen atoms in total. The van der Waals surface area contributed by atoms with Crippen LogP contribution >= 0.6 is 0 Å². The fourth-order valence-corrected chi connectivity index (χ4v) is 2.49. The molecule has 6 heteroatoms. The number of benzene rings is 1. The normalized spacial score (nSPS) is 12.3. The highest BCUT2D eigenvalue weighted by molar-refractivity contribution is 5.94. The SMILES string of the molecule is CCN(Cc1ccc2c(c1)OCO2)C(=O)c1ccnc(CN)c1. The molecular formula is C17H19N3O3. The minimum absolute atomic E-state index is 0.0396. The molecule has 1 aliphatic rings. The van der Waals surface area contributed by atoms with Crippen LogP contribution in [0.25, 0.3) is 0 Å². The average molecular weight is 313 g/mol. The zero-order chi connectivity index (χ0) is 16.2. The van der Waals surface area contributed by atoms with E-state index in [-0.39, 0.29) is 12.7 Å². The summed E-state index contributed by atoms with van der Waals surface area (Å²) in [6.45, 7) is 3.62. The molecule has 3 rings (SSSR count). The van der Waals surface area contributed by atoms with Gasteiger partial charge in [-0.2, -0.15) is 0 Å². The van der Waals surface area contributed by atoms with Gasteiger partial charge in [-0.25, -0.2) is 0 Å². The van der Waals surface area contributed by atoms with Crippen LogP contribution in [0.4, 0.5) is 0 Å². The van der Waals surface area contributed by atoms with Gasteiger partial charge in [0.05, 0.1) is 5.69 Å². The predicted molar refractivity (Wildman–Crippen MR) is 85.1 cm³/mol. The van der Waals surface area contributed by atoms with E-state index in [0.29, 0.717) is 30.9 Å². The maximum Gasteiger partial charge on any atom is 0.254 e. The fourth-order valence-electron chi connectivity index (χ4n) is 2.49. The number of nitrogens with two attached hydrogens (primary N) is 1. The summed E-state index contributed by atoms with van der Waals surface area (Å²) in [4.78, 5) is 18.6. The van der Waals surface area contributed by atoms with Crippen LogP contribution in [0.5, 0.6) is 11.5 Å². The van der Waals surface area contributed by atoms with Crippen molar-refractivity contribution < 1.29 is 14.3 Å². The molecular weight excluding hydrogens is 294 g/mol. The molecule has 0 fully saturated rings. The van der Waals surface area contributed by atoms with Gasteiger partial charge in [-0.05, 0) is 36.8 Å². The van der Waals surface area contributed by atoms with Crippen LogP contribution < -0.4 is 15.2 Å². The molecule has 1 amide bonds. The molecule has 0 radical (unpaired) electrons. The standard InChI is InChI=1S/C17H19N3O3/c1-2-20(17(21)13-5-6-19-14(8-13)9-18)10-12-3-4-15-16(7-12)23-11-22-15/h3-8H,2,9-11,18H2,1H3. The van der Waals surface area contributed by atoms with Crippen LogP contribution in [-0.4, -0.2) is 29.1 Å². The summed E-state index contributed by atoms with van der Waals surface area (Å²) in [5.74, 6) is 1.42. The monoisotopic (exact) mass is 313 g/mol. The number of nitrogens with zero attached hydrogens (tertiary/aromatic N) is 2. The van der Waals surface area contributed by atoms with E-state index in [1.807, 2.05) is 25.1 Å². The molecule has 1 aliphatic heterocycles. The van der Waals surface area contributed by atoms with E-state index in [0.717, 1.165) is 17.1 Å². The Morgan fingerprint density at radius 3 is 2.87 bits per heavy atom. The number of pyridine rings is 1. The van der Waals surface area contributed by atoms with Gasteiger partial charge in [0.25, 0.3) is 5.91 Å². The molecule has 1 aromatic heterocycles. The zero-order valence-electron chi connectivity index (χ0n) is 13.0. The van der Waals surface area contributed by atoms with Crippen molar-refractivity contribution >= 4 is 5.91 Å². The summed E-state index contributed by atoms with van der Waals surface area (Å²) in [7, 11) is 0. The molecule has 0 spiro atoms.